The zero-order chi connectivity index (χ0) is 23.8. The van der Waals surface area contributed by atoms with Crippen molar-refractivity contribution in [3.8, 4) is 5.82 Å². The van der Waals surface area contributed by atoms with E-state index in [1.807, 2.05) is 6.92 Å². The third kappa shape index (κ3) is 4.72. The maximum absolute atomic E-state index is 14.5. The summed E-state index contributed by atoms with van der Waals surface area (Å²) in [4.78, 5) is 25.9. The average molecular weight is 471 g/mol. The predicted molar refractivity (Wildman–Crippen MR) is 119 cm³/mol. The molecule has 2 aromatic carbocycles. The van der Waals surface area contributed by atoms with Gasteiger partial charge < -0.3 is 0 Å². The van der Waals surface area contributed by atoms with Gasteiger partial charge >= 0.3 is 0 Å². The van der Waals surface area contributed by atoms with Gasteiger partial charge in [-0.1, -0.05) is 6.92 Å². The summed E-state index contributed by atoms with van der Waals surface area (Å²) in [6, 6.07) is 6.06. The fraction of sp³-hybridized carbons (Fsp3) is 0.182. The highest BCUT2D eigenvalue weighted by molar-refractivity contribution is 7.92. The van der Waals surface area contributed by atoms with Gasteiger partial charge in [-0.25, -0.2) is 27.2 Å². The van der Waals surface area contributed by atoms with Crippen molar-refractivity contribution in [1.82, 2.24) is 19.5 Å². The molecule has 33 heavy (non-hydrogen) atoms. The van der Waals surface area contributed by atoms with Crippen LogP contribution in [0.3, 0.4) is 0 Å². The van der Waals surface area contributed by atoms with E-state index >= 15 is 0 Å². The van der Waals surface area contributed by atoms with Crippen molar-refractivity contribution < 1.29 is 22.0 Å². The van der Waals surface area contributed by atoms with Gasteiger partial charge in [0, 0.05) is 17.8 Å². The SMILES string of the molecule is CCCS(=O)(=O)Nc1cc(F)c(F)c(C(=O)c2ccc3ncc(-n4cnc(C)c4)nc3c2)c1. The molecule has 0 amide bonds. The summed E-state index contributed by atoms with van der Waals surface area (Å²) in [5, 5.41) is 0. The first kappa shape index (κ1) is 22.5. The molecule has 0 radical (unpaired) electrons. The molecule has 0 spiro atoms. The van der Waals surface area contributed by atoms with Gasteiger partial charge in [-0.2, -0.15) is 0 Å². The number of halogens is 2. The predicted octanol–water partition coefficient (Wildman–Crippen LogP) is 3.78. The maximum Gasteiger partial charge on any atom is 0.232 e. The van der Waals surface area contributed by atoms with E-state index in [9.17, 15) is 22.0 Å². The van der Waals surface area contributed by atoms with Crippen LogP contribution in [0.15, 0.2) is 49.1 Å². The van der Waals surface area contributed by atoms with Crippen molar-refractivity contribution in [2.24, 2.45) is 0 Å². The van der Waals surface area contributed by atoms with Gasteiger partial charge in [0.2, 0.25) is 10.0 Å². The molecule has 4 aromatic rings. The normalized spacial score (nSPS) is 11.6. The molecular weight excluding hydrogens is 452 g/mol. The molecule has 2 heterocycles. The number of carbonyl (C=O) groups is 1. The lowest BCUT2D eigenvalue weighted by atomic mass is 10.0. The number of rotatable bonds is 7. The summed E-state index contributed by atoms with van der Waals surface area (Å²) < 4.78 is 56.5. The van der Waals surface area contributed by atoms with Crippen LogP contribution < -0.4 is 4.72 Å². The Morgan fingerprint density at radius 3 is 2.61 bits per heavy atom. The Kier molecular flexibility index (Phi) is 5.90. The molecule has 0 fully saturated rings. The lowest BCUT2D eigenvalue weighted by Gasteiger charge is -2.11. The summed E-state index contributed by atoms with van der Waals surface area (Å²) >= 11 is 0. The monoisotopic (exact) mass is 471 g/mol. The minimum absolute atomic E-state index is 0.0441. The zero-order valence-electron chi connectivity index (χ0n) is 17.7. The molecule has 0 atom stereocenters. The van der Waals surface area contributed by atoms with Crippen molar-refractivity contribution in [3.05, 3.63) is 77.5 Å². The van der Waals surface area contributed by atoms with E-state index < -0.39 is 33.0 Å². The van der Waals surface area contributed by atoms with E-state index in [2.05, 4.69) is 19.7 Å². The number of imidazole rings is 1. The minimum Gasteiger partial charge on any atom is -0.289 e. The largest absolute Gasteiger partial charge is 0.289 e. The van der Waals surface area contributed by atoms with Crippen LogP contribution >= 0.6 is 0 Å². The lowest BCUT2D eigenvalue weighted by Crippen LogP contribution is -2.17. The van der Waals surface area contributed by atoms with E-state index in [1.54, 1.807) is 36.3 Å². The fourth-order valence-electron chi connectivity index (χ4n) is 3.28. The number of hydrogen-bond acceptors (Lipinski definition) is 6. The molecule has 0 saturated carbocycles. The first-order valence-corrected chi connectivity index (χ1v) is 11.6. The third-order valence-electron chi connectivity index (χ3n) is 4.79. The number of nitrogens with one attached hydrogen (secondary N) is 1. The number of fused-ring (bicyclic) bond motifs is 1. The lowest BCUT2D eigenvalue weighted by molar-refractivity contribution is 0.103. The molecule has 0 aliphatic rings. The molecule has 8 nitrogen and oxygen atoms in total. The Labute approximate surface area is 188 Å². The van der Waals surface area contributed by atoms with Gasteiger partial charge in [0.25, 0.3) is 0 Å². The molecule has 170 valence electrons. The summed E-state index contributed by atoms with van der Waals surface area (Å²) in [7, 11) is -3.76. The topological polar surface area (TPSA) is 107 Å². The number of anilines is 1. The van der Waals surface area contributed by atoms with Gasteiger partial charge in [-0.05, 0) is 37.6 Å². The number of aromatic nitrogens is 4. The second-order valence-corrected chi connectivity index (χ2v) is 9.27. The second kappa shape index (κ2) is 8.66. The van der Waals surface area contributed by atoms with Crippen LogP contribution in [0.1, 0.15) is 35.0 Å². The molecule has 2 aromatic heterocycles. The number of ketones is 1. The first-order chi connectivity index (χ1) is 15.7. The number of benzene rings is 2. The third-order valence-corrected chi connectivity index (χ3v) is 6.28. The van der Waals surface area contributed by atoms with Crippen molar-refractivity contribution in [3.63, 3.8) is 0 Å². The number of nitrogens with zero attached hydrogens (tertiary/aromatic N) is 4. The molecule has 0 aliphatic heterocycles. The minimum atomic E-state index is -3.76. The molecule has 0 saturated heterocycles. The average Bonchev–Trinajstić information content (AvgIpc) is 3.21. The Morgan fingerprint density at radius 1 is 1.12 bits per heavy atom. The quantitative estimate of drug-likeness (QED) is 0.411. The van der Waals surface area contributed by atoms with Crippen molar-refractivity contribution >= 4 is 32.5 Å². The van der Waals surface area contributed by atoms with Crippen molar-refractivity contribution in [2.45, 2.75) is 20.3 Å². The highest BCUT2D eigenvalue weighted by Crippen LogP contribution is 2.24. The summed E-state index contributed by atoms with van der Waals surface area (Å²) in [5.74, 6) is -3.26. The highest BCUT2D eigenvalue weighted by Gasteiger charge is 2.21. The molecule has 11 heteroatoms. The smallest absolute Gasteiger partial charge is 0.232 e. The van der Waals surface area contributed by atoms with Crippen LogP contribution in [-0.4, -0.2) is 39.5 Å². The van der Waals surface area contributed by atoms with E-state index in [1.165, 1.54) is 12.1 Å². The molecular formula is C22H19F2N5O3S. The molecule has 1 N–H and O–H groups in total. The van der Waals surface area contributed by atoms with Gasteiger partial charge in [0.1, 0.15) is 6.33 Å². The van der Waals surface area contributed by atoms with Gasteiger partial charge in [-0.3, -0.25) is 19.1 Å². The Morgan fingerprint density at radius 2 is 1.91 bits per heavy atom. The van der Waals surface area contributed by atoms with E-state index in [-0.39, 0.29) is 17.0 Å². The van der Waals surface area contributed by atoms with E-state index in [0.29, 0.717) is 29.3 Å². The molecule has 4 rings (SSSR count). The Hall–Kier alpha value is -3.73. The highest BCUT2D eigenvalue weighted by atomic mass is 32.2. The molecule has 0 unspecified atom stereocenters. The fourth-order valence-corrected chi connectivity index (χ4v) is 4.40. The van der Waals surface area contributed by atoms with Crippen LogP contribution in [0.5, 0.6) is 0 Å². The van der Waals surface area contributed by atoms with Crippen LogP contribution in [0.25, 0.3) is 16.9 Å². The number of hydrogen-bond donors (Lipinski definition) is 1. The van der Waals surface area contributed by atoms with Crippen LogP contribution in [0.2, 0.25) is 0 Å². The van der Waals surface area contributed by atoms with E-state index in [4.69, 9.17) is 0 Å². The van der Waals surface area contributed by atoms with E-state index in [0.717, 1.165) is 11.8 Å². The van der Waals surface area contributed by atoms with Crippen LogP contribution in [-0.2, 0) is 10.0 Å². The van der Waals surface area contributed by atoms with Crippen LogP contribution in [0, 0.1) is 18.6 Å². The number of sulfonamides is 1. The maximum atomic E-state index is 14.5. The zero-order valence-corrected chi connectivity index (χ0v) is 18.5. The van der Waals surface area contributed by atoms with Crippen molar-refractivity contribution in [2.75, 3.05) is 10.5 Å². The number of carbonyl (C=O) groups excluding carboxylic acids is 1. The Bertz CT molecular complexity index is 1480. The first-order valence-electron chi connectivity index (χ1n) is 9.99. The second-order valence-electron chi connectivity index (χ2n) is 7.42. The summed E-state index contributed by atoms with van der Waals surface area (Å²) in [6.45, 7) is 3.49. The van der Waals surface area contributed by atoms with Gasteiger partial charge in [0.15, 0.2) is 23.2 Å². The standard InChI is InChI=1S/C22H19F2N5O3S/c1-3-6-33(31,32)28-15-8-16(21(24)17(23)9-15)22(30)14-4-5-18-19(7-14)27-20(10-25-18)29-11-13(2)26-12-29/h4-5,7-12,28H,3,6H2,1-2H3. The van der Waals surface area contributed by atoms with Crippen LogP contribution in [0.4, 0.5) is 14.5 Å². The van der Waals surface area contributed by atoms with Gasteiger partial charge in [-0.15, -0.1) is 0 Å². The molecule has 0 bridgehead atoms. The molecule has 0 aliphatic carbocycles. The number of aryl methyl sites for hydroxylation is 1. The van der Waals surface area contributed by atoms with Gasteiger partial charge in [0.05, 0.1) is 39.9 Å². The Balaban J connectivity index is 1.73. The summed E-state index contributed by atoms with van der Waals surface area (Å²) in [5.41, 5.74) is 0.864. The summed E-state index contributed by atoms with van der Waals surface area (Å²) in [6.07, 6.45) is 5.22. The van der Waals surface area contributed by atoms with Crippen molar-refractivity contribution in [1.29, 1.82) is 0 Å².